The number of nitrogens with one attached hydrogen (secondary N) is 2. The molecule has 2 N–H and O–H groups in total. The van der Waals surface area contributed by atoms with Crippen LogP contribution < -0.4 is 15.5 Å². The van der Waals surface area contributed by atoms with E-state index in [-0.39, 0.29) is 17.2 Å². The first-order chi connectivity index (χ1) is 15.0. The first-order valence-electron chi connectivity index (χ1n) is 10.5. The van der Waals surface area contributed by atoms with E-state index in [1.165, 1.54) is 6.07 Å². The van der Waals surface area contributed by atoms with Crippen molar-refractivity contribution in [2.75, 3.05) is 48.8 Å². The number of nitro groups is 1. The van der Waals surface area contributed by atoms with Gasteiger partial charge in [-0.1, -0.05) is 26.8 Å². The fraction of sp³-hybridized carbons (Fsp3) is 0.391. The summed E-state index contributed by atoms with van der Waals surface area (Å²) in [6, 6.07) is 11.3. The Hall–Kier alpha value is -3.46. The molecule has 0 bridgehead atoms. The number of amides is 2. The summed E-state index contributed by atoms with van der Waals surface area (Å²) in [5, 5.41) is 17.3. The van der Waals surface area contributed by atoms with E-state index < -0.39 is 16.2 Å². The average molecular weight is 440 g/mol. The Labute approximate surface area is 187 Å². The van der Waals surface area contributed by atoms with Gasteiger partial charge in [-0.05, 0) is 37.4 Å². The lowest BCUT2D eigenvalue weighted by Gasteiger charge is -2.33. The Kier molecular flexibility index (Phi) is 6.78. The second kappa shape index (κ2) is 9.35. The Morgan fingerprint density at radius 1 is 0.969 bits per heavy atom. The molecule has 170 valence electrons. The third kappa shape index (κ3) is 5.61. The Morgan fingerprint density at radius 3 is 2.19 bits per heavy atom. The van der Waals surface area contributed by atoms with Crippen LogP contribution in [0.15, 0.2) is 42.5 Å². The van der Waals surface area contributed by atoms with Gasteiger partial charge in [0.2, 0.25) is 5.91 Å². The Morgan fingerprint density at radius 2 is 1.59 bits per heavy atom. The smallest absolute Gasteiger partial charge is 0.293 e. The summed E-state index contributed by atoms with van der Waals surface area (Å²) in [7, 11) is 2.02. The molecule has 1 aliphatic rings. The number of benzene rings is 2. The molecule has 0 radical (unpaired) electrons. The highest BCUT2D eigenvalue weighted by Crippen LogP contribution is 2.30. The van der Waals surface area contributed by atoms with E-state index in [1.807, 2.05) is 32.7 Å². The number of piperazine rings is 1. The van der Waals surface area contributed by atoms with Crippen molar-refractivity contribution in [2.24, 2.45) is 5.41 Å². The largest absolute Gasteiger partial charge is 0.363 e. The first-order valence-corrected chi connectivity index (χ1v) is 10.5. The standard InChI is InChI=1S/C23H29N5O4/c1-23(2,3)22(30)25-18-7-5-6-17(15-18)24-21(29)16-8-9-19(20(14-16)28(31)32)27-12-10-26(4)11-13-27/h5-9,14-15H,10-13H2,1-4H3,(H,24,29)(H,25,30). The van der Waals surface area contributed by atoms with Gasteiger partial charge >= 0.3 is 0 Å². The van der Waals surface area contributed by atoms with Gasteiger partial charge in [0.25, 0.3) is 11.6 Å². The normalized spacial score (nSPS) is 14.7. The van der Waals surface area contributed by atoms with E-state index in [0.29, 0.717) is 30.2 Å². The van der Waals surface area contributed by atoms with Crippen LogP contribution in [0.4, 0.5) is 22.7 Å². The molecule has 9 heteroatoms. The lowest BCUT2D eigenvalue weighted by Crippen LogP contribution is -2.44. The van der Waals surface area contributed by atoms with E-state index in [4.69, 9.17) is 0 Å². The van der Waals surface area contributed by atoms with Gasteiger partial charge in [0.05, 0.1) is 4.92 Å². The summed E-state index contributed by atoms with van der Waals surface area (Å²) in [6.45, 7) is 8.46. The minimum atomic E-state index is -0.552. The molecule has 32 heavy (non-hydrogen) atoms. The van der Waals surface area contributed by atoms with Gasteiger partial charge in [-0.15, -0.1) is 0 Å². The molecule has 2 amide bonds. The molecule has 0 unspecified atom stereocenters. The van der Waals surface area contributed by atoms with Crippen molar-refractivity contribution in [1.82, 2.24) is 4.90 Å². The summed E-state index contributed by atoms with van der Waals surface area (Å²) in [5.41, 5.74) is 1.11. The first kappa shape index (κ1) is 23.2. The minimum Gasteiger partial charge on any atom is -0.363 e. The van der Waals surface area contributed by atoms with Crippen molar-refractivity contribution in [3.8, 4) is 0 Å². The van der Waals surface area contributed by atoms with Crippen molar-refractivity contribution >= 4 is 34.6 Å². The Bertz CT molecular complexity index is 1020. The number of nitrogens with zero attached hydrogens (tertiary/aromatic N) is 3. The zero-order valence-electron chi connectivity index (χ0n) is 18.8. The van der Waals surface area contributed by atoms with Crippen molar-refractivity contribution in [3.05, 3.63) is 58.1 Å². The van der Waals surface area contributed by atoms with Crippen molar-refractivity contribution < 1.29 is 14.5 Å². The fourth-order valence-corrected chi connectivity index (χ4v) is 3.32. The second-order valence-corrected chi connectivity index (χ2v) is 8.99. The number of nitro benzene ring substituents is 1. The minimum absolute atomic E-state index is 0.0894. The van der Waals surface area contributed by atoms with Crippen LogP contribution in [0.5, 0.6) is 0 Å². The monoisotopic (exact) mass is 439 g/mol. The summed E-state index contributed by atoms with van der Waals surface area (Å²) in [4.78, 5) is 40.4. The maximum absolute atomic E-state index is 12.8. The van der Waals surface area contributed by atoms with E-state index >= 15 is 0 Å². The van der Waals surface area contributed by atoms with Gasteiger partial charge in [0.1, 0.15) is 5.69 Å². The number of hydrogen-bond acceptors (Lipinski definition) is 6. The molecule has 9 nitrogen and oxygen atoms in total. The molecule has 2 aromatic rings. The average Bonchev–Trinajstić information content (AvgIpc) is 2.73. The molecule has 2 aromatic carbocycles. The van der Waals surface area contributed by atoms with Crippen LogP contribution >= 0.6 is 0 Å². The van der Waals surface area contributed by atoms with E-state index in [2.05, 4.69) is 15.5 Å². The van der Waals surface area contributed by atoms with Crippen LogP contribution in [0.25, 0.3) is 0 Å². The Balaban J connectivity index is 1.77. The molecule has 0 atom stereocenters. The van der Waals surface area contributed by atoms with Gasteiger partial charge in [0.15, 0.2) is 0 Å². The van der Waals surface area contributed by atoms with Crippen LogP contribution in [-0.2, 0) is 4.79 Å². The zero-order chi connectivity index (χ0) is 23.5. The zero-order valence-corrected chi connectivity index (χ0v) is 18.8. The lowest BCUT2D eigenvalue weighted by atomic mass is 9.95. The molecule has 1 fully saturated rings. The highest BCUT2D eigenvalue weighted by molar-refractivity contribution is 6.05. The number of likely N-dealkylation sites (N-methyl/N-ethyl adjacent to an activating group) is 1. The molecule has 0 aliphatic carbocycles. The second-order valence-electron chi connectivity index (χ2n) is 8.99. The van der Waals surface area contributed by atoms with Gasteiger partial charge in [0, 0.05) is 54.6 Å². The van der Waals surface area contributed by atoms with Crippen molar-refractivity contribution in [1.29, 1.82) is 0 Å². The van der Waals surface area contributed by atoms with Gasteiger partial charge < -0.3 is 20.4 Å². The molecule has 0 saturated carbocycles. The summed E-state index contributed by atoms with van der Waals surface area (Å²) in [5.74, 6) is -0.603. The predicted octanol–water partition coefficient (Wildman–Crippen LogP) is 3.58. The highest BCUT2D eigenvalue weighted by atomic mass is 16.6. The topological polar surface area (TPSA) is 108 Å². The van der Waals surface area contributed by atoms with E-state index in [9.17, 15) is 19.7 Å². The summed E-state index contributed by atoms with van der Waals surface area (Å²) >= 11 is 0. The summed E-state index contributed by atoms with van der Waals surface area (Å²) < 4.78 is 0. The lowest BCUT2D eigenvalue weighted by molar-refractivity contribution is -0.384. The molecule has 0 spiro atoms. The molecular weight excluding hydrogens is 410 g/mol. The number of rotatable bonds is 5. The third-order valence-electron chi connectivity index (χ3n) is 5.34. The number of anilines is 3. The van der Waals surface area contributed by atoms with E-state index in [1.54, 1.807) is 36.4 Å². The predicted molar refractivity (Wildman–Crippen MR) is 125 cm³/mol. The van der Waals surface area contributed by atoms with Gasteiger partial charge in [-0.3, -0.25) is 19.7 Å². The SMILES string of the molecule is CN1CCN(c2ccc(C(=O)Nc3cccc(NC(=O)C(C)(C)C)c3)cc2[N+](=O)[O-])CC1. The molecule has 1 heterocycles. The summed E-state index contributed by atoms with van der Waals surface area (Å²) in [6.07, 6.45) is 0. The highest BCUT2D eigenvalue weighted by Gasteiger charge is 2.24. The van der Waals surface area contributed by atoms with Crippen LogP contribution in [-0.4, -0.2) is 54.9 Å². The molecular formula is C23H29N5O4. The number of carbonyl (C=O) groups is 2. The van der Waals surface area contributed by atoms with Crippen LogP contribution in [0.3, 0.4) is 0 Å². The van der Waals surface area contributed by atoms with Crippen LogP contribution in [0.1, 0.15) is 31.1 Å². The quantitative estimate of drug-likeness (QED) is 0.545. The number of carbonyl (C=O) groups excluding carboxylic acids is 2. The molecule has 1 saturated heterocycles. The van der Waals surface area contributed by atoms with Crippen molar-refractivity contribution in [3.63, 3.8) is 0 Å². The molecule has 1 aliphatic heterocycles. The fourth-order valence-electron chi connectivity index (χ4n) is 3.32. The van der Waals surface area contributed by atoms with Crippen LogP contribution in [0, 0.1) is 15.5 Å². The van der Waals surface area contributed by atoms with E-state index in [0.717, 1.165) is 13.1 Å². The van der Waals surface area contributed by atoms with Crippen molar-refractivity contribution in [2.45, 2.75) is 20.8 Å². The van der Waals surface area contributed by atoms with Gasteiger partial charge in [-0.25, -0.2) is 0 Å². The molecule has 0 aromatic heterocycles. The van der Waals surface area contributed by atoms with Gasteiger partial charge in [-0.2, -0.15) is 0 Å². The molecule has 3 rings (SSSR count). The van der Waals surface area contributed by atoms with Crippen LogP contribution in [0.2, 0.25) is 0 Å². The number of hydrogen-bond donors (Lipinski definition) is 2. The maximum atomic E-state index is 12.8. The maximum Gasteiger partial charge on any atom is 0.293 e. The third-order valence-corrected chi connectivity index (χ3v) is 5.34.